The van der Waals surface area contributed by atoms with E-state index in [2.05, 4.69) is 64.0 Å². The average molecular weight is 297 g/mol. The van der Waals surface area contributed by atoms with Crippen molar-refractivity contribution in [2.45, 2.75) is 32.6 Å². The molecule has 0 spiro atoms. The van der Waals surface area contributed by atoms with Crippen LogP contribution in [0.5, 0.6) is 0 Å². The van der Waals surface area contributed by atoms with E-state index in [1.54, 1.807) is 0 Å². The fourth-order valence-corrected chi connectivity index (χ4v) is 2.84. The Balaban J connectivity index is 1.76. The number of benzene rings is 1. The van der Waals surface area contributed by atoms with E-state index in [0.717, 1.165) is 12.5 Å². The summed E-state index contributed by atoms with van der Waals surface area (Å²) in [5, 5.41) is 4.94. The van der Waals surface area contributed by atoms with E-state index in [-0.39, 0.29) is 0 Å². The van der Waals surface area contributed by atoms with E-state index in [0.29, 0.717) is 0 Å². The summed E-state index contributed by atoms with van der Waals surface area (Å²) < 4.78 is 0. The Kier molecular flexibility index (Phi) is 4.60. The molecular formula is C19H24NP. The molecule has 1 N–H and O–H groups in total. The molecule has 1 atom stereocenters. The number of hydrogen-bond acceptors (Lipinski definition) is 1. The predicted octanol–water partition coefficient (Wildman–Crippen LogP) is 4.11. The normalized spacial score (nSPS) is 18.6. The first-order valence-corrected chi connectivity index (χ1v) is 8.48. The molecule has 0 saturated heterocycles. The molecule has 1 fully saturated rings. The van der Waals surface area contributed by atoms with Crippen LogP contribution in [0, 0.1) is 12.8 Å². The lowest BCUT2D eigenvalue weighted by Gasteiger charge is -2.15. The van der Waals surface area contributed by atoms with Crippen molar-refractivity contribution in [2.75, 3.05) is 6.54 Å². The summed E-state index contributed by atoms with van der Waals surface area (Å²) in [4.78, 5) is 0. The lowest BCUT2D eigenvalue weighted by molar-refractivity contribution is 0.924. The van der Waals surface area contributed by atoms with Gasteiger partial charge in [-0.05, 0) is 66.6 Å². The first kappa shape index (κ1) is 14.6. The number of hydrogen-bond donors (Lipinski definition) is 1. The van der Waals surface area contributed by atoms with Crippen LogP contribution in [0.1, 0.15) is 36.8 Å². The van der Waals surface area contributed by atoms with Crippen LogP contribution in [-0.2, 0) is 0 Å². The lowest BCUT2D eigenvalue weighted by Crippen LogP contribution is -2.17. The fraction of sp³-hybridized carbons (Fsp3) is 0.368. The maximum atomic E-state index is 3.66. The Morgan fingerprint density at radius 3 is 2.86 bits per heavy atom. The van der Waals surface area contributed by atoms with Gasteiger partial charge in [0.15, 0.2) is 0 Å². The van der Waals surface area contributed by atoms with Gasteiger partial charge in [0.05, 0.1) is 0 Å². The highest BCUT2D eigenvalue weighted by atomic mass is 31.0. The van der Waals surface area contributed by atoms with Crippen LogP contribution in [-0.4, -0.2) is 6.54 Å². The average Bonchev–Trinajstić information content (AvgIpc) is 3.31. The van der Waals surface area contributed by atoms with Crippen LogP contribution in [0.15, 0.2) is 48.1 Å². The van der Waals surface area contributed by atoms with Crippen molar-refractivity contribution in [3.05, 3.63) is 59.2 Å². The van der Waals surface area contributed by atoms with E-state index < -0.39 is 0 Å². The molecule has 0 aromatic heterocycles. The molecule has 2 aliphatic carbocycles. The summed E-state index contributed by atoms with van der Waals surface area (Å²) in [6, 6.07) is 6.71. The van der Waals surface area contributed by atoms with E-state index in [1.807, 2.05) is 0 Å². The molecule has 1 saturated carbocycles. The molecule has 1 unspecified atom stereocenters. The standard InChI is InChI=1S/C19H24NP/c1-14-7-10-17(12-19(14)21)18(11-15-8-9-15)20-13-16-5-3-2-4-6-16/h3,5-7,10-12,15,20H,2,4,8-9,13,21H2,1H3/b18-11+. The molecule has 1 aromatic rings. The largest absolute Gasteiger partial charge is 0.381 e. The van der Waals surface area contributed by atoms with Crippen molar-refractivity contribution < 1.29 is 0 Å². The molecule has 21 heavy (non-hydrogen) atoms. The highest BCUT2D eigenvalue weighted by molar-refractivity contribution is 7.27. The van der Waals surface area contributed by atoms with Crippen LogP contribution >= 0.6 is 9.24 Å². The Bertz CT molecular complexity index is 606. The summed E-state index contributed by atoms with van der Waals surface area (Å²) in [5.41, 5.74) is 5.33. The maximum Gasteiger partial charge on any atom is 0.0397 e. The predicted molar refractivity (Wildman–Crippen MR) is 95.7 cm³/mol. The third kappa shape index (κ3) is 4.08. The van der Waals surface area contributed by atoms with Gasteiger partial charge in [-0.2, -0.15) is 0 Å². The van der Waals surface area contributed by atoms with Gasteiger partial charge in [0.25, 0.3) is 0 Å². The second-order valence-electron chi connectivity index (χ2n) is 6.10. The lowest BCUT2D eigenvalue weighted by atomic mass is 10.1. The third-order valence-corrected chi connectivity index (χ3v) is 4.79. The minimum atomic E-state index is 0.776. The fourth-order valence-electron chi connectivity index (χ4n) is 2.56. The van der Waals surface area contributed by atoms with E-state index in [4.69, 9.17) is 0 Å². The van der Waals surface area contributed by atoms with Crippen LogP contribution in [0.2, 0.25) is 0 Å². The third-order valence-electron chi connectivity index (χ3n) is 4.17. The quantitative estimate of drug-likeness (QED) is 0.806. The van der Waals surface area contributed by atoms with E-state index >= 15 is 0 Å². The van der Waals surface area contributed by atoms with E-state index in [9.17, 15) is 0 Å². The molecule has 1 aromatic carbocycles. The monoisotopic (exact) mass is 297 g/mol. The topological polar surface area (TPSA) is 12.0 Å². The van der Waals surface area contributed by atoms with Gasteiger partial charge in [0.1, 0.15) is 0 Å². The molecule has 110 valence electrons. The smallest absolute Gasteiger partial charge is 0.0397 e. The second kappa shape index (κ2) is 6.62. The number of rotatable bonds is 5. The van der Waals surface area contributed by atoms with Gasteiger partial charge in [-0.15, -0.1) is 9.24 Å². The molecule has 3 rings (SSSR count). The molecule has 1 nitrogen and oxygen atoms in total. The Hall–Kier alpha value is -1.33. The van der Waals surface area contributed by atoms with E-state index in [1.165, 1.54) is 53.4 Å². The van der Waals surface area contributed by atoms with Gasteiger partial charge in [-0.1, -0.05) is 36.4 Å². The first-order chi connectivity index (χ1) is 10.2. The first-order valence-electron chi connectivity index (χ1n) is 7.90. The van der Waals surface area contributed by atoms with Crippen LogP contribution in [0.25, 0.3) is 5.70 Å². The minimum absolute atomic E-state index is 0.776. The zero-order chi connectivity index (χ0) is 14.7. The van der Waals surface area contributed by atoms with Gasteiger partial charge < -0.3 is 5.32 Å². The summed E-state index contributed by atoms with van der Waals surface area (Å²) >= 11 is 0. The zero-order valence-corrected chi connectivity index (χ0v) is 13.9. The Morgan fingerprint density at radius 1 is 1.33 bits per heavy atom. The summed E-state index contributed by atoms with van der Waals surface area (Å²) in [5.74, 6) is 0.776. The van der Waals surface area contributed by atoms with Gasteiger partial charge >= 0.3 is 0 Å². The van der Waals surface area contributed by atoms with Crippen molar-refractivity contribution in [1.82, 2.24) is 5.32 Å². The van der Waals surface area contributed by atoms with Gasteiger partial charge in [-0.25, -0.2) is 0 Å². The Labute approximate surface area is 130 Å². The van der Waals surface area contributed by atoms with Gasteiger partial charge in [0.2, 0.25) is 0 Å². The zero-order valence-electron chi connectivity index (χ0n) is 12.7. The molecule has 0 heterocycles. The molecule has 0 aliphatic heterocycles. The molecule has 2 aliphatic rings. The van der Waals surface area contributed by atoms with Crippen molar-refractivity contribution in [3.8, 4) is 0 Å². The van der Waals surface area contributed by atoms with Crippen LogP contribution < -0.4 is 10.6 Å². The SMILES string of the molecule is Cc1ccc(/C(=C\C2CC2)NCC2=CCCC=C2)cc1P. The summed E-state index contributed by atoms with van der Waals surface area (Å²) in [6.45, 7) is 3.08. The number of aryl methyl sites for hydroxylation is 1. The molecular weight excluding hydrogens is 273 g/mol. The van der Waals surface area contributed by atoms with Crippen LogP contribution in [0.3, 0.4) is 0 Å². The minimum Gasteiger partial charge on any atom is -0.381 e. The van der Waals surface area contributed by atoms with Crippen molar-refractivity contribution >= 4 is 20.2 Å². The maximum absolute atomic E-state index is 3.66. The Morgan fingerprint density at radius 2 is 2.19 bits per heavy atom. The van der Waals surface area contributed by atoms with Gasteiger partial charge in [0, 0.05) is 12.2 Å². The van der Waals surface area contributed by atoms with Gasteiger partial charge in [-0.3, -0.25) is 0 Å². The molecule has 0 bridgehead atoms. The number of nitrogens with one attached hydrogen (secondary N) is 1. The highest BCUT2D eigenvalue weighted by Crippen LogP contribution is 2.32. The molecule has 2 heteroatoms. The second-order valence-corrected chi connectivity index (χ2v) is 6.72. The van der Waals surface area contributed by atoms with Crippen LogP contribution in [0.4, 0.5) is 0 Å². The van der Waals surface area contributed by atoms with Crippen molar-refractivity contribution in [2.24, 2.45) is 5.92 Å². The highest BCUT2D eigenvalue weighted by Gasteiger charge is 2.20. The van der Waals surface area contributed by atoms with Crippen molar-refractivity contribution in [3.63, 3.8) is 0 Å². The summed E-state index contributed by atoms with van der Waals surface area (Å²) in [6.07, 6.45) is 14.3. The summed E-state index contributed by atoms with van der Waals surface area (Å²) in [7, 11) is 2.84. The van der Waals surface area contributed by atoms with Crippen molar-refractivity contribution in [1.29, 1.82) is 0 Å². The molecule has 0 amide bonds. The number of allylic oxidation sites excluding steroid dienone is 3. The molecule has 0 radical (unpaired) electrons.